The predicted molar refractivity (Wildman–Crippen MR) is 198 cm³/mol. The van der Waals surface area contributed by atoms with Crippen molar-refractivity contribution in [3.05, 3.63) is 92.8 Å². The fourth-order valence-electron chi connectivity index (χ4n) is 4.78. The van der Waals surface area contributed by atoms with E-state index in [-0.39, 0.29) is 104 Å². The summed E-state index contributed by atoms with van der Waals surface area (Å²) in [7, 11) is -3.03. The number of esters is 2. The number of nitrogens with one attached hydrogen (secondary N) is 1. The number of nitrogens with zero attached hydrogens (tertiary/aromatic N) is 6. The fourth-order valence-corrected chi connectivity index (χ4v) is 5.79. The summed E-state index contributed by atoms with van der Waals surface area (Å²) in [6.07, 6.45) is 2.71. The molecule has 0 spiro atoms. The lowest BCUT2D eigenvalue weighted by atomic mass is 9.86. The molecule has 1 N–H and O–H groups in total. The van der Waals surface area contributed by atoms with E-state index >= 15 is 0 Å². The third kappa shape index (κ3) is 13.4. The van der Waals surface area contributed by atoms with Crippen LogP contribution in [0.4, 0.5) is 5.82 Å². The van der Waals surface area contributed by atoms with Crippen molar-refractivity contribution in [2.24, 2.45) is 0 Å². The molecule has 2 aromatic heterocycles. The molecule has 22 nitrogen and oxygen atoms in total. The van der Waals surface area contributed by atoms with Crippen molar-refractivity contribution in [2.45, 2.75) is 49.8 Å². The molecule has 0 bridgehead atoms. The summed E-state index contributed by atoms with van der Waals surface area (Å²) >= 11 is 0. The Balaban J connectivity index is 1.60. The summed E-state index contributed by atoms with van der Waals surface area (Å²) in [5.41, 5.74) is -0.134. The van der Waals surface area contributed by atoms with Gasteiger partial charge in [-0.05, 0) is 48.7 Å². The van der Waals surface area contributed by atoms with Crippen molar-refractivity contribution < 1.29 is 61.5 Å². The summed E-state index contributed by atoms with van der Waals surface area (Å²) < 4.78 is 58.3. The Kier molecular flexibility index (Phi) is 15.7. The molecule has 0 aliphatic rings. The van der Waals surface area contributed by atoms with Gasteiger partial charge >= 0.3 is 11.9 Å². The molecular formula is C35H39N7O15S. The number of para-hydroxylation sites is 2. The SMILES string of the molecule is COc1ccccc1Oc1c(NS(=O)(=O)c2ccc(C(C)(C)COC(=O)CCCO[N+](=O)[O-])cc2)nc(-c2ncccn2)nc1OCCOC(=O)CCCO[N+](=O)[O-]. The van der Waals surface area contributed by atoms with E-state index in [0.29, 0.717) is 5.56 Å². The number of rotatable bonds is 24. The number of hydrogen-bond donors (Lipinski definition) is 1. The number of carbonyl (C=O) groups is 2. The zero-order chi connectivity index (χ0) is 42.1. The third-order valence-electron chi connectivity index (χ3n) is 7.68. The molecule has 58 heavy (non-hydrogen) atoms. The lowest BCUT2D eigenvalue weighted by Crippen LogP contribution is -2.26. The second-order valence-corrected chi connectivity index (χ2v) is 14.1. The van der Waals surface area contributed by atoms with Crippen molar-refractivity contribution in [1.29, 1.82) is 0 Å². The molecule has 0 fully saturated rings. The molecule has 0 saturated carbocycles. The molecule has 0 aliphatic heterocycles. The van der Waals surface area contributed by atoms with Crippen LogP contribution in [0.5, 0.6) is 23.1 Å². The van der Waals surface area contributed by atoms with Gasteiger partial charge in [-0.25, -0.2) is 23.4 Å². The molecule has 23 heteroatoms. The number of ether oxygens (including phenoxy) is 5. The van der Waals surface area contributed by atoms with Gasteiger partial charge in [-0.2, -0.15) is 4.98 Å². The van der Waals surface area contributed by atoms with E-state index in [9.17, 15) is 38.2 Å². The Labute approximate surface area is 331 Å². The lowest BCUT2D eigenvalue weighted by Gasteiger charge is -2.25. The normalized spacial score (nSPS) is 11.2. The fraction of sp³-hybridized carbons (Fsp3) is 0.371. The van der Waals surface area contributed by atoms with Gasteiger partial charge in [0.2, 0.25) is 11.6 Å². The number of sulfonamides is 1. The van der Waals surface area contributed by atoms with E-state index in [1.807, 2.05) is 0 Å². The standard InChI is InChI=1S/C35H39N7O15S/c1-35(2,23-54-29(44)12-7-20-56-42(47)48)24-13-15-25(16-14-24)58(49,50)40-31-30(57-27-10-5-4-9-26(27)51-3)34(39-33(38-31)32-36-17-8-18-37-32)53-22-21-52-28(43)11-6-19-55-41(45)46/h4-5,8-10,13-18H,6-7,11-12,19-23H2,1-3H3,(H,38,39,40). The Morgan fingerprint density at radius 3 is 1.98 bits per heavy atom. The van der Waals surface area contributed by atoms with Crippen LogP contribution in [-0.4, -0.2) is 90.6 Å². The minimum Gasteiger partial charge on any atom is -0.493 e. The maximum Gasteiger partial charge on any atom is 0.305 e. The van der Waals surface area contributed by atoms with Crippen LogP contribution < -0.4 is 18.9 Å². The summed E-state index contributed by atoms with van der Waals surface area (Å²) in [4.78, 5) is 70.3. The van der Waals surface area contributed by atoms with E-state index < -0.39 is 37.6 Å². The first-order valence-electron chi connectivity index (χ1n) is 17.3. The third-order valence-corrected chi connectivity index (χ3v) is 9.04. The molecule has 0 radical (unpaired) electrons. The van der Waals surface area contributed by atoms with Crippen LogP contribution in [0.1, 0.15) is 45.1 Å². The molecule has 0 aliphatic carbocycles. The first-order chi connectivity index (χ1) is 27.7. The van der Waals surface area contributed by atoms with Crippen LogP contribution in [0.15, 0.2) is 71.9 Å². The number of hydrogen-bond acceptors (Lipinski definition) is 19. The quantitative estimate of drug-likeness (QED) is 0.0447. The average molecular weight is 830 g/mol. The van der Waals surface area contributed by atoms with Crippen molar-refractivity contribution in [3.8, 4) is 34.8 Å². The zero-order valence-corrected chi connectivity index (χ0v) is 32.2. The predicted octanol–water partition coefficient (Wildman–Crippen LogP) is 4.26. The van der Waals surface area contributed by atoms with Gasteiger partial charge in [-0.15, -0.1) is 20.2 Å². The lowest BCUT2D eigenvalue weighted by molar-refractivity contribution is -0.757. The highest BCUT2D eigenvalue weighted by Crippen LogP contribution is 2.41. The molecule has 310 valence electrons. The number of aromatic nitrogens is 4. The number of anilines is 1. The molecule has 0 saturated heterocycles. The maximum atomic E-state index is 14.0. The minimum atomic E-state index is -4.43. The average Bonchev–Trinajstić information content (AvgIpc) is 3.20. The largest absolute Gasteiger partial charge is 0.493 e. The van der Waals surface area contributed by atoms with Gasteiger partial charge in [-0.3, -0.25) is 14.3 Å². The highest BCUT2D eigenvalue weighted by molar-refractivity contribution is 7.92. The van der Waals surface area contributed by atoms with Crippen LogP contribution in [-0.2, 0) is 44.2 Å². The van der Waals surface area contributed by atoms with Gasteiger partial charge < -0.3 is 33.4 Å². The van der Waals surface area contributed by atoms with Crippen LogP contribution in [0.3, 0.4) is 0 Å². The van der Waals surface area contributed by atoms with E-state index in [4.69, 9.17) is 23.7 Å². The van der Waals surface area contributed by atoms with Crippen molar-refractivity contribution >= 4 is 27.8 Å². The molecular weight excluding hydrogens is 790 g/mol. The van der Waals surface area contributed by atoms with Gasteiger partial charge in [0.15, 0.2) is 23.1 Å². The molecule has 0 unspecified atom stereocenters. The molecule has 0 atom stereocenters. The molecule has 2 heterocycles. The Morgan fingerprint density at radius 1 is 0.776 bits per heavy atom. The van der Waals surface area contributed by atoms with Crippen LogP contribution in [0.2, 0.25) is 0 Å². The number of methoxy groups -OCH3 is 1. The first kappa shape index (κ1) is 43.8. The Morgan fingerprint density at radius 2 is 1.38 bits per heavy atom. The number of carbonyl (C=O) groups excluding carboxylic acids is 2. The highest BCUT2D eigenvalue weighted by atomic mass is 32.2. The highest BCUT2D eigenvalue weighted by Gasteiger charge is 2.28. The Hall–Kier alpha value is -6.91. The van der Waals surface area contributed by atoms with Gasteiger partial charge in [0.1, 0.15) is 19.8 Å². The number of benzene rings is 2. The minimum absolute atomic E-state index is 0.00260. The molecule has 0 amide bonds. The molecule has 2 aromatic carbocycles. The van der Waals surface area contributed by atoms with E-state index in [2.05, 4.69) is 34.3 Å². The van der Waals surface area contributed by atoms with E-state index in [0.717, 1.165) is 0 Å². The second-order valence-electron chi connectivity index (χ2n) is 12.4. The van der Waals surface area contributed by atoms with Crippen molar-refractivity contribution in [2.75, 3.05) is 44.9 Å². The van der Waals surface area contributed by atoms with Gasteiger partial charge in [0, 0.05) is 30.7 Å². The van der Waals surface area contributed by atoms with Gasteiger partial charge in [0.25, 0.3) is 26.1 Å². The van der Waals surface area contributed by atoms with E-state index in [1.165, 1.54) is 31.6 Å². The monoisotopic (exact) mass is 829 g/mol. The first-order valence-corrected chi connectivity index (χ1v) is 18.8. The summed E-state index contributed by atoms with van der Waals surface area (Å²) in [6, 6.07) is 13.8. The van der Waals surface area contributed by atoms with Crippen molar-refractivity contribution in [3.63, 3.8) is 0 Å². The smallest absolute Gasteiger partial charge is 0.305 e. The maximum absolute atomic E-state index is 14.0. The van der Waals surface area contributed by atoms with Crippen molar-refractivity contribution in [1.82, 2.24) is 19.9 Å². The van der Waals surface area contributed by atoms with Crippen LogP contribution in [0, 0.1) is 20.2 Å². The summed E-state index contributed by atoms with van der Waals surface area (Å²) in [5, 5.41) is 18.7. The second kappa shape index (κ2) is 20.8. The Bertz CT molecular complexity index is 2140. The molecule has 4 aromatic rings. The zero-order valence-electron chi connectivity index (χ0n) is 31.4. The summed E-state index contributed by atoms with van der Waals surface area (Å²) in [5.74, 6) is -2.03. The molecule has 4 rings (SSSR count). The van der Waals surface area contributed by atoms with Gasteiger partial charge in [-0.1, -0.05) is 38.1 Å². The topological polar surface area (TPSA) is 283 Å². The van der Waals surface area contributed by atoms with Gasteiger partial charge in [0.05, 0.1) is 25.2 Å². The van der Waals surface area contributed by atoms with Crippen LogP contribution >= 0.6 is 0 Å². The van der Waals surface area contributed by atoms with Crippen LogP contribution in [0.25, 0.3) is 11.6 Å². The van der Waals surface area contributed by atoms with E-state index in [1.54, 1.807) is 56.3 Å². The summed E-state index contributed by atoms with van der Waals surface area (Å²) in [6.45, 7) is 2.35.